The average molecular weight is 848 g/mol. The minimum atomic E-state index is -0.845. The largest absolute Gasteiger partial charge is 0.466 e. The maximum Gasteiger partial charge on any atom is 0.305 e. The van der Waals surface area contributed by atoms with E-state index >= 15 is 0 Å². The molecule has 3 N–H and O–H groups in total. The summed E-state index contributed by atoms with van der Waals surface area (Å²) >= 11 is 0. The molecule has 0 saturated heterocycles. The summed E-state index contributed by atoms with van der Waals surface area (Å²) < 4.78 is 5.47. The molecule has 0 aliphatic carbocycles. The number of nitrogens with one attached hydrogen (secondary N) is 1. The molecule has 0 aliphatic heterocycles. The minimum Gasteiger partial charge on any atom is -0.466 e. The lowest BCUT2D eigenvalue weighted by molar-refractivity contribution is -0.143. The second-order valence-electron chi connectivity index (χ2n) is 18.6. The first-order chi connectivity index (χ1) is 29.5. The highest BCUT2D eigenvalue weighted by atomic mass is 16.5. The molecule has 356 valence electrons. The van der Waals surface area contributed by atoms with Crippen LogP contribution in [0.1, 0.15) is 296 Å². The van der Waals surface area contributed by atoms with E-state index in [1.165, 1.54) is 231 Å². The fourth-order valence-electron chi connectivity index (χ4n) is 8.40. The molecule has 0 aromatic rings. The Balaban J connectivity index is 3.41. The fourth-order valence-corrected chi connectivity index (χ4v) is 8.40. The molecule has 2 unspecified atom stereocenters. The Morgan fingerprint density at radius 1 is 0.450 bits per heavy atom. The molecule has 0 rings (SSSR count). The number of aliphatic hydroxyl groups excluding tert-OH is 2. The summed E-state index contributed by atoms with van der Waals surface area (Å²) in [5, 5.41) is 23.0. The molecule has 60 heavy (non-hydrogen) atoms. The molecule has 2 atom stereocenters. The number of esters is 1. The number of carbonyl (C=O) groups excluding carboxylic acids is 2. The molecular formula is C54H105NO5. The van der Waals surface area contributed by atoms with Gasteiger partial charge in [-0.15, -0.1) is 0 Å². The first-order valence-corrected chi connectivity index (χ1v) is 27.0. The SMILES string of the molecule is CCCCCCCCCCCC/C=C/C(O)C(CO)NC(=O)CCCCCCCCCCCCCCCCCCCCOC(=O)CCCCCCCCCCCCCCC. The van der Waals surface area contributed by atoms with Crippen molar-refractivity contribution in [1.29, 1.82) is 0 Å². The Kier molecular flexibility index (Phi) is 49.1. The van der Waals surface area contributed by atoms with Gasteiger partial charge in [0.05, 0.1) is 25.4 Å². The Bertz CT molecular complexity index is 893. The highest BCUT2D eigenvalue weighted by Crippen LogP contribution is 2.17. The Hall–Kier alpha value is -1.40. The van der Waals surface area contributed by atoms with Crippen LogP contribution in [0.25, 0.3) is 0 Å². The maximum absolute atomic E-state index is 12.4. The van der Waals surface area contributed by atoms with Crippen molar-refractivity contribution in [2.45, 2.75) is 309 Å². The van der Waals surface area contributed by atoms with Crippen LogP contribution in [-0.2, 0) is 14.3 Å². The molecule has 1 amide bonds. The normalized spacial score (nSPS) is 12.7. The van der Waals surface area contributed by atoms with Crippen molar-refractivity contribution in [3.8, 4) is 0 Å². The summed E-state index contributed by atoms with van der Waals surface area (Å²) in [4.78, 5) is 24.4. The fraction of sp³-hybridized carbons (Fsp3) is 0.926. The van der Waals surface area contributed by atoms with E-state index in [0.29, 0.717) is 19.4 Å². The van der Waals surface area contributed by atoms with E-state index in [4.69, 9.17) is 4.74 Å². The van der Waals surface area contributed by atoms with E-state index in [1.807, 2.05) is 6.08 Å². The van der Waals surface area contributed by atoms with Crippen LogP contribution >= 0.6 is 0 Å². The van der Waals surface area contributed by atoms with Gasteiger partial charge in [0.15, 0.2) is 0 Å². The summed E-state index contributed by atoms with van der Waals surface area (Å²) in [5.74, 6) is -0.0638. The Labute approximate surface area is 374 Å². The number of amides is 1. The van der Waals surface area contributed by atoms with Crippen LogP contribution in [0, 0.1) is 0 Å². The average Bonchev–Trinajstić information content (AvgIpc) is 3.25. The highest BCUT2D eigenvalue weighted by Gasteiger charge is 2.18. The molecule has 0 aromatic heterocycles. The topological polar surface area (TPSA) is 95.9 Å². The van der Waals surface area contributed by atoms with Crippen LogP contribution in [0.3, 0.4) is 0 Å². The van der Waals surface area contributed by atoms with E-state index in [-0.39, 0.29) is 18.5 Å². The first kappa shape index (κ1) is 58.6. The molecule has 0 aromatic carbocycles. The number of hydrogen-bond donors (Lipinski definition) is 3. The summed E-state index contributed by atoms with van der Waals surface area (Å²) in [5.41, 5.74) is 0. The molecule has 0 heterocycles. The number of rotatable bonds is 50. The lowest BCUT2D eigenvalue weighted by atomic mass is 10.0. The lowest BCUT2D eigenvalue weighted by Crippen LogP contribution is -2.45. The number of aliphatic hydroxyl groups is 2. The molecular weight excluding hydrogens is 743 g/mol. The Morgan fingerprint density at radius 3 is 1.13 bits per heavy atom. The van der Waals surface area contributed by atoms with Gasteiger partial charge in [-0.1, -0.05) is 264 Å². The molecule has 6 nitrogen and oxygen atoms in total. The zero-order valence-corrected chi connectivity index (χ0v) is 40.5. The summed E-state index contributed by atoms with van der Waals surface area (Å²) in [6.07, 6.45) is 57.9. The van der Waals surface area contributed by atoms with Crippen LogP contribution in [0.2, 0.25) is 0 Å². The van der Waals surface area contributed by atoms with Gasteiger partial charge in [0.1, 0.15) is 0 Å². The van der Waals surface area contributed by atoms with Crippen molar-refractivity contribution in [1.82, 2.24) is 5.32 Å². The number of hydrogen-bond acceptors (Lipinski definition) is 5. The van der Waals surface area contributed by atoms with Crippen molar-refractivity contribution >= 4 is 11.9 Å². The molecule has 0 radical (unpaired) electrons. The van der Waals surface area contributed by atoms with Crippen LogP contribution < -0.4 is 5.32 Å². The van der Waals surface area contributed by atoms with Gasteiger partial charge in [-0.3, -0.25) is 9.59 Å². The third-order valence-electron chi connectivity index (χ3n) is 12.6. The van der Waals surface area contributed by atoms with Gasteiger partial charge in [0, 0.05) is 12.8 Å². The maximum atomic E-state index is 12.4. The van der Waals surface area contributed by atoms with Gasteiger partial charge in [-0.25, -0.2) is 0 Å². The third kappa shape index (κ3) is 46.1. The van der Waals surface area contributed by atoms with Gasteiger partial charge in [-0.2, -0.15) is 0 Å². The van der Waals surface area contributed by atoms with Crippen LogP contribution in [0.15, 0.2) is 12.2 Å². The number of unbranched alkanes of at least 4 members (excludes halogenated alkanes) is 39. The molecule has 0 spiro atoms. The minimum absolute atomic E-state index is 0.00807. The van der Waals surface area contributed by atoms with Gasteiger partial charge >= 0.3 is 5.97 Å². The predicted molar refractivity (Wildman–Crippen MR) is 260 cm³/mol. The molecule has 0 bridgehead atoms. The van der Waals surface area contributed by atoms with E-state index in [9.17, 15) is 19.8 Å². The molecule has 0 saturated carbocycles. The predicted octanol–water partition coefficient (Wildman–Crippen LogP) is 16.1. The third-order valence-corrected chi connectivity index (χ3v) is 12.6. The molecule has 0 fully saturated rings. The van der Waals surface area contributed by atoms with Crippen molar-refractivity contribution in [2.24, 2.45) is 0 Å². The second kappa shape index (κ2) is 50.2. The van der Waals surface area contributed by atoms with Crippen LogP contribution in [0.4, 0.5) is 0 Å². The van der Waals surface area contributed by atoms with Crippen molar-refractivity contribution in [3.63, 3.8) is 0 Å². The van der Waals surface area contributed by atoms with Gasteiger partial charge in [-0.05, 0) is 32.1 Å². The van der Waals surface area contributed by atoms with E-state index in [2.05, 4.69) is 19.2 Å². The summed E-state index contributed by atoms with van der Waals surface area (Å²) in [6, 6.07) is -0.628. The lowest BCUT2D eigenvalue weighted by Gasteiger charge is -2.20. The van der Waals surface area contributed by atoms with Gasteiger partial charge in [0.25, 0.3) is 0 Å². The number of allylic oxidation sites excluding steroid dienone is 1. The van der Waals surface area contributed by atoms with E-state index in [1.54, 1.807) is 6.08 Å². The highest BCUT2D eigenvalue weighted by molar-refractivity contribution is 5.76. The quantitative estimate of drug-likeness (QED) is 0.0322. The van der Waals surface area contributed by atoms with Crippen LogP contribution in [-0.4, -0.2) is 47.4 Å². The molecule has 6 heteroatoms. The van der Waals surface area contributed by atoms with Crippen molar-refractivity contribution in [2.75, 3.05) is 13.2 Å². The second-order valence-corrected chi connectivity index (χ2v) is 18.6. The summed E-state index contributed by atoms with van der Waals surface area (Å²) in [6.45, 7) is 4.90. The van der Waals surface area contributed by atoms with Gasteiger partial charge in [0.2, 0.25) is 5.91 Å². The molecule has 0 aliphatic rings. The summed E-state index contributed by atoms with van der Waals surface area (Å²) in [7, 11) is 0. The first-order valence-electron chi connectivity index (χ1n) is 27.0. The Morgan fingerprint density at radius 2 is 0.767 bits per heavy atom. The standard InChI is InChI=1S/C54H105NO5/c1-3-5-7-9-11-13-15-23-28-32-36-40-44-48-54(59)60-49-45-41-37-33-29-25-22-20-18-17-19-21-24-27-31-35-39-43-47-53(58)55-51(50-56)52(57)46-42-38-34-30-26-16-14-12-10-8-6-4-2/h42,46,51-52,56-57H,3-41,43-45,47-50H2,1-2H3,(H,55,58)/b46-42+. The van der Waals surface area contributed by atoms with Gasteiger partial charge < -0.3 is 20.3 Å². The van der Waals surface area contributed by atoms with E-state index in [0.717, 1.165) is 38.5 Å². The zero-order chi connectivity index (χ0) is 43.7. The number of carbonyl (C=O) groups is 2. The monoisotopic (exact) mass is 848 g/mol. The van der Waals surface area contributed by atoms with Crippen molar-refractivity contribution in [3.05, 3.63) is 12.2 Å². The smallest absolute Gasteiger partial charge is 0.305 e. The zero-order valence-electron chi connectivity index (χ0n) is 40.5. The number of ether oxygens (including phenoxy) is 1. The van der Waals surface area contributed by atoms with Crippen LogP contribution in [0.5, 0.6) is 0 Å². The van der Waals surface area contributed by atoms with E-state index < -0.39 is 12.1 Å². The van der Waals surface area contributed by atoms with Crippen molar-refractivity contribution < 1.29 is 24.5 Å².